The second kappa shape index (κ2) is 7.78. The lowest BCUT2D eigenvalue weighted by molar-refractivity contribution is 0.0897. The van der Waals surface area contributed by atoms with Crippen LogP contribution in [-0.4, -0.2) is 28.8 Å². The van der Waals surface area contributed by atoms with Crippen LogP contribution >= 0.6 is 11.3 Å². The molecule has 0 radical (unpaired) electrons. The minimum absolute atomic E-state index is 0.00704. The van der Waals surface area contributed by atoms with Gasteiger partial charge in [-0.3, -0.25) is 14.6 Å². The SMILES string of the molecule is CC(=O)c1ccc(C(=O)NC2CCC(Oc3cccnc3C)CC2)s1. The van der Waals surface area contributed by atoms with Gasteiger partial charge < -0.3 is 10.1 Å². The summed E-state index contributed by atoms with van der Waals surface area (Å²) in [6.45, 7) is 3.45. The Morgan fingerprint density at radius 2 is 1.88 bits per heavy atom. The van der Waals surface area contributed by atoms with Gasteiger partial charge in [0.2, 0.25) is 0 Å². The Kier molecular flexibility index (Phi) is 5.48. The van der Waals surface area contributed by atoms with Gasteiger partial charge in [-0.2, -0.15) is 0 Å². The van der Waals surface area contributed by atoms with E-state index in [1.807, 2.05) is 19.1 Å². The van der Waals surface area contributed by atoms with Gasteiger partial charge in [0.25, 0.3) is 5.91 Å². The average Bonchev–Trinajstić information content (AvgIpc) is 3.09. The van der Waals surface area contributed by atoms with Crippen LogP contribution in [0.3, 0.4) is 0 Å². The molecule has 1 aliphatic carbocycles. The maximum Gasteiger partial charge on any atom is 0.261 e. The number of hydrogen-bond acceptors (Lipinski definition) is 5. The smallest absolute Gasteiger partial charge is 0.261 e. The first-order valence-electron chi connectivity index (χ1n) is 8.53. The summed E-state index contributed by atoms with van der Waals surface area (Å²) < 4.78 is 6.04. The summed E-state index contributed by atoms with van der Waals surface area (Å²) in [7, 11) is 0. The molecule has 3 rings (SSSR count). The van der Waals surface area contributed by atoms with Crippen LogP contribution in [0.15, 0.2) is 30.5 Å². The third kappa shape index (κ3) is 4.45. The summed E-state index contributed by atoms with van der Waals surface area (Å²) in [4.78, 5) is 29.1. The highest BCUT2D eigenvalue weighted by Crippen LogP contribution is 2.25. The molecule has 25 heavy (non-hydrogen) atoms. The molecule has 1 aliphatic rings. The maximum atomic E-state index is 12.3. The van der Waals surface area contributed by atoms with Gasteiger partial charge in [-0.15, -0.1) is 11.3 Å². The van der Waals surface area contributed by atoms with Gasteiger partial charge in [0, 0.05) is 12.2 Å². The molecular weight excluding hydrogens is 336 g/mol. The third-order valence-corrected chi connectivity index (χ3v) is 5.62. The fraction of sp³-hybridized carbons (Fsp3) is 0.421. The van der Waals surface area contributed by atoms with Crippen molar-refractivity contribution in [2.24, 2.45) is 0 Å². The van der Waals surface area contributed by atoms with Crippen LogP contribution < -0.4 is 10.1 Å². The number of aryl methyl sites for hydroxylation is 1. The zero-order chi connectivity index (χ0) is 17.8. The van der Waals surface area contributed by atoms with E-state index >= 15 is 0 Å². The van der Waals surface area contributed by atoms with E-state index < -0.39 is 0 Å². The third-order valence-electron chi connectivity index (χ3n) is 4.44. The highest BCUT2D eigenvalue weighted by atomic mass is 32.1. The minimum Gasteiger partial charge on any atom is -0.489 e. The van der Waals surface area contributed by atoms with E-state index in [1.165, 1.54) is 18.3 Å². The number of ether oxygens (including phenoxy) is 1. The van der Waals surface area contributed by atoms with E-state index in [9.17, 15) is 9.59 Å². The molecule has 0 unspecified atom stereocenters. The predicted octanol–water partition coefficient (Wildman–Crippen LogP) is 3.77. The topological polar surface area (TPSA) is 68.3 Å². The van der Waals surface area contributed by atoms with E-state index in [0.717, 1.165) is 37.1 Å². The lowest BCUT2D eigenvalue weighted by Crippen LogP contribution is -2.39. The van der Waals surface area contributed by atoms with Crippen molar-refractivity contribution in [1.82, 2.24) is 10.3 Å². The molecule has 132 valence electrons. The quantitative estimate of drug-likeness (QED) is 0.826. The van der Waals surface area contributed by atoms with Crippen molar-refractivity contribution in [3.05, 3.63) is 45.9 Å². The Morgan fingerprint density at radius 1 is 1.16 bits per heavy atom. The molecular formula is C19H22N2O3S. The molecule has 6 heteroatoms. The molecule has 2 aromatic rings. The van der Waals surface area contributed by atoms with Gasteiger partial charge >= 0.3 is 0 Å². The number of ketones is 1. The molecule has 1 amide bonds. The first kappa shape index (κ1) is 17.6. The molecule has 1 fully saturated rings. The standard InChI is InChI=1S/C19H22N2O3S/c1-12-16(4-3-11-20-12)24-15-7-5-14(6-8-15)21-19(23)18-10-9-17(25-18)13(2)22/h3-4,9-11,14-15H,5-8H2,1-2H3,(H,21,23). The number of Topliss-reactive ketones (excluding diaryl/α,β-unsaturated/α-hetero) is 1. The van der Waals surface area contributed by atoms with Gasteiger partial charge in [0.05, 0.1) is 21.6 Å². The summed E-state index contributed by atoms with van der Waals surface area (Å²) in [5.74, 6) is 0.739. The summed E-state index contributed by atoms with van der Waals surface area (Å²) in [5, 5.41) is 3.08. The van der Waals surface area contributed by atoms with Crippen molar-refractivity contribution < 1.29 is 14.3 Å². The second-order valence-corrected chi connectivity index (χ2v) is 7.46. The number of hydrogen-bond donors (Lipinski definition) is 1. The number of rotatable bonds is 5. The molecule has 0 aliphatic heterocycles. The fourth-order valence-corrected chi connectivity index (χ4v) is 3.81. The van der Waals surface area contributed by atoms with Crippen LogP contribution in [0.25, 0.3) is 0 Å². The summed E-state index contributed by atoms with van der Waals surface area (Å²) in [5.41, 5.74) is 0.900. The molecule has 0 atom stereocenters. The van der Waals surface area contributed by atoms with E-state index in [1.54, 1.807) is 18.3 Å². The highest BCUT2D eigenvalue weighted by Gasteiger charge is 2.25. The molecule has 5 nitrogen and oxygen atoms in total. The summed E-state index contributed by atoms with van der Waals surface area (Å²) in [6.07, 6.45) is 5.52. The lowest BCUT2D eigenvalue weighted by atomic mass is 9.93. The minimum atomic E-state index is -0.0926. The van der Waals surface area contributed by atoms with E-state index in [4.69, 9.17) is 4.74 Å². The normalized spacial score (nSPS) is 20.1. The van der Waals surface area contributed by atoms with Gasteiger partial charge in [-0.05, 0) is 63.8 Å². The van der Waals surface area contributed by atoms with Crippen molar-refractivity contribution in [2.45, 2.75) is 51.7 Å². The number of nitrogens with zero attached hydrogens (tertiary/aromatic N) is 1. The van der Waals surface area contributed by atoms with Gasteiger partial charge in [0.1, 0.15) is 5.75 Å². The largest absolute Gasteiger partial charge is 0.489 e. The van der Waals surface area contributed by atoms with Crippen molar-refractivity contribution in [3.63, 3.8) is 0 Å². The van der Waals surface area contributed by atoms with E-state index in [2.05, 4.69) is 10.3 Å². The number of amides is 1. The summed E-state index contributed by atoms with van der Waals surface area (Å²) >= 11 is 1.25. The molecule has 2 heterocycles. The average molecular weight is 358 g/mol. The second-order valence-electron chi connectivity index (χ2n) is 6.37. The van der Waals surface area contributed by atoms with Crippen molar-refractivity contribution in [1.29, 1.82) is 0 Å². The van der Waals surface area contributed by atoms with E-state index in [-0.39, 0.29) is 23.8 Å². The number of aromatic nitrogens is 1. The van der Waals surface area contributed by atoms with Crippen LogP contribution in [-0.2, 0) is 0 Å². The van der Waals surface area contributed by atoms with Crippen LogP contribution in [0.1, 0.15) is 57.6 Å². The Bertz CT molecular complexity index is 764. The predicted molar refractivity (Wildman–Crippen MR) is 97.4 cm³/mol. The Hall–Kier alpha value is -2.21. The van der Waals surface area contributed by atoms with E-state index in [0.29, 0.717) is 9.75 Å². The maximum absolute atomic E-state index is 12.3. The Morgan fingerprint density at radius 3 is 2.52 bits per heavy atom. The Balaban J connectivity index is 1.49. The van der Waals surface area contributed by atoms with Crippen LogP contribution in [0.5, 0.6) is 5.75 Å². The monoisotopic (exact) mass is 358 g/mol. The molecule has 0 saturated heterocycles. The highest BCUT2D eigenvalue weighted by molar-refractivity contribution is 7.15. The lowest BCUT2D eigenvalue weighted by Gasteiger charge is -2.29. The zero-order valence-corrected chi connectivity index (χ0v) is 15.3. The van der Waals surface area contributed by atoms with Crippen LogP contribution in [0.2, 0.25) is 0 Å². The first-order chi connectivity index (χ1) is 12.0. The van der Waals surface area contributed by atoms with Crippen molar-refractivity contribution in [2.75, 3.05) is 0 Å². The molecule has 0 bridgehead atoms. The van der Waals surface area contributed by atoms with Crippen molar-refractivity contribution in [3.8, 4) is 5.75 Å². The number of carbonyl (C=O) groups is 2. The number of carbonyl (C=O) groups excluding carboxylic acids is 2. The molecule has 1 N–H and O–H groups in total. The number of pyridine rings is 1. The van der Waals surface area contributed by atoms with Gasteiger partial charge in [-0.1, -0.05) is 0 Å². The van der Waals surface area contributed by atoms with Crippen LogP contribution in [0.4, 0.5) is 0 Å². The van der Waals surface area contributed by atoms with Gasteiger partial charge in [-0.25, -0.2) is 0 Å². The van der Waals surface area contributed by atoms with Gasteiger partial charge in [0.15, 0.2) is 5.78 Å². The molecule has 0 spiro atoms. The zero-order valence-electron chi connectivity index (χ0n) is 14.5. The summed E-state index contributed by atoms with van der Waals surface area (Å²) in [6, 6.07) is 7.41. The molecule has 0 aromatic carbocycles. The molecule has 1 saturated carbocycles. The number of thiophene rings is 1. The van der Waals surface area contributed by atoms with Crippen molar-refractivity contribution >= 4 is 23.0 Å². The van der Waals surface area contributed by atoms with Crippen LogP contribution in [0, 0.1) is 6.92 Å². The fourth-order valence-electron chi connectivity index (χ4n) is 3.00. The Labute approximate surface area is 151 Å². The molecule has 2 aromatic heterocycles. The number of nitrogens with one attached hydrogen (secondary N) is 1. The first-order valence-corrected chi connectivity index (χ1v) is 9.34.